The minimum atomic E-state index is -0.564. The summed E-state index contributed by atoms with van der Waals surface area (Å²) in [6.07, 6.45) is -0.564. The average molecular weight is 275 g/mol. The van der Waals surface area contributed by atoms with Gasteiger partial charge in [0.05, 0.1) is 0 Å². The number of carbonyl (C=O) groups is 1. The highest BCUT2D eigenvalue weighted by atomic mass is 19.1. The molecule has 1 aliphatic heterocycles. The lowest BCUT2D eigenvalue weighted by atomic mass is 10.0. The van der Waals surface area contributed by atoms with E-state index in [2.05, 4.69) is 4.98 Å². The highest BCUT2D eigenvalue weighted by Gasteiger charge is 2.31. The third kappa shape index (κ3) is 1.90. The van der Waals surface area contributed by atoms with Crippen LogP contribution in [0, 0.1) is 19.7 Å². The van der Waals surface area contributed by atoms with Crippen LogP contribution in [0.15, 0.2) is 12.1 Å². The van der Waals surface area contributed by atoms with Gasteiger partial charge in [-0.2, -0.15) is 0 Å². The fourth-order valence-electron chi connectivity index (χ4n) is 2.55. The van der Waals surface area contributed by atoms with Gasteiger partial charge in [0.1, 0.15) is 29.4 Å². The second kappa shape index (κ2) is 4.44. The first-order valence-corrected chi connectivity index (χ1v) is 6.37. The van der Waals surface area contributed by atoms with Crippen LogP contribution in [0.3, 0.4) is 0 Å². The van der Waals surface area contributed by atoms with Crippen molar-refractivity contribution in [3.63, 3.8) is 0 Å². The van der Waals surface area contributed by atoms with Crippen LogP contribution in [0.1, 0.15) is 29.8 Å². The molecule has 0 radical (unpaired) electrons. The van der Waals surface area contributed by atoms with E-state index in [1.165, 1.54) is 13.0 Å². The van der Waals surface area contributed by atoms with Crippen LogP contribution in [-0.4, -0.2) is 17.6 Å². The van der Waals surface area contributed by atoms with Crippen molar-refractivity contribution in [1.29, 1.82) is 0 Å². The van der Waals surface area contributed by atoms with E-state index in [0.29, 0.717) is 11.4 Å². The highest BCUT2D eigenvalue weighted by molar-refractivity contribution is 5.86. The van der Waals surface area contributed by atoms with Crippen molar-refractivity contribution < 1.29 is 18.7 Å². The quantitative estimate of drug-likeness (QED) is 0.751. The molecule has 1 aromatic heterocycles. The number of carbonyl (C=O) groups excluding carboxylic acids is 1. The van der Waals surface area contributed by atoms with Gasteiger partial charge >= 0.3 is 5.97 Å². The molecule has 1 aliphatic rings. The van der Waals surface area contributed by atoms with Gasteiger partial charge in [0, 0.05) is 17.9 Å². The number of nitrogens with zero attached hydrogens (tertiary/aromatic N) is 1. The van der Waals surface area contributed by atoms with Crippen LogP contribution < -0.4 is 4.74 Å². The first-order chi connectivity index (χ1) is 9.47. The third-order valence-corrected chi connectivity index (χ3v) is 3.41. The van der Waals surface area contributed by atoms with Gasteiger partial charge in [-0.15, -0.1) is 0 Å². The van der Waals surface area contributed by atoms with Crippen LogP contribution in [0.2, 0.25) is 0 Å². The molecule has 1 aromatic carbocycles. The molecule has 0 aliphatic carbocycles. The molecule has 20 heavy (non-hydrogen) atoms. The second-order valence-electron chi connectivity index (χ2n) is 5.00. The molecule has 0 fully saturated rings. The molecule has 0 bridgehead atoms. The Morgan fingerprint density at radius 3 is 2.90 bits per heavy atom. The van der Waals surface area contributed by atoms with E-state index in [-0.39, 0.29) is 17.9 Å². The summed E-state index contributed by atoms with van der Waals surface area (Å²) in [5.41, 5.74) is 2.43. The van der Waals surface area contributed by atoms with Crippen molar-refractivity contribution in [2.45, 2.75) is 26.9 Å². The molecule has 1 unspecified atom stereocenters. The van der Waals surface area contributed by atoms with Crippen LogP contribution in [0.5, 0.6) is 5.75 Å². The van der Waals surface area contributed by atoms with E-state index in [9.17, 15) is 9.18 Å². The van der Waals surface area contributed by atoms with E-state index in [1.54, 1.807) is 0 Å². The van der Waals surface area contributed by atoms with E-state index in [4.69, 9.17) is 9.47 Å². The third-order valence-electron chi connectivity index (χ3n) is 3.41. The van der Waals surface area contributed by atoms with Crippen LogP contribution in [0.25, 0.3) is 10.9 Å². The Hall–Kier alpha value is -2.17. The number of benzene rings is 1. The SMILES string of the molecule is CC(=O)OC1COc2c1nc1c(F)cc(C)cc1c2C. The maximum Gasteiger partial charge on any atom is 0.303 e. The first-order valence-electron chi connectivity index (χ1n) is 6.37. The van der Waals surface area contributed by atoms with Crippen LogP contribution in [0.4, 0.5) is 4.39 Å². The zero-order valence-electron chi connectivity index (χ0n) is 11.5. The minimum Gasteiger partial charge on any atom is -0.487 e. The Morgan fingerprint density at radius 1 is 1.45 bits per heavy atom. The van der Waals surface area contributed by atoms with Gasteiger partial charge in [-0.3, -0.25) is 4.79 Å². The van der Waals surface area contributed by atoms with Crippen molar-refractivity contribution >= 4 is 16.9 Å². The van der Waals surface area contributed by atoms with Gasteiger partial charge in [0.25, 0.3) is 0 Å². The number of aryl methyl sites for hydroxylation is 2. The topological polar surface area (TPSA) is 48.4 Å². The van der Waals surface area contributed by atoms with Crippen molar-refractivity contribution in [3.05, 3.63) is 34.8 Å². The Bertz CT molecular complexity index is 727. The molecular formula is C15H14FNO3. The first kappa shape index (κ1) is 12.8. The predicted octanol–water partition coefficient (Wildman–Crippen LogP) is 2.99. The fourth-order valence-corrected chi connectivity index (χ4v) is 2.55. The maximum absolute atomic E-state index is 14.1. The molecule has 2 heterocycles. The summed E-state index contributed by atoms with van der Waals surface area (Å²) in [4.78, 5) is 15.4. The maximum atomic E-state index is 14.1. The molecule has 0 N–H and O–H groups in total. The van der Waals surface area contributed by atoms with Crippen LogP contribution >= 0.6 is 0 Å². The zero-order chi connectivity index (χ0) is 14.4. The minimum absolute atomic E-state index is 0.222. The number of ether oxygens (including phenoxy) is 2. The summed E-state index contributed by atoms with van der Waals surface area (Å²) >= 11 is 0. The molecule has 2 aromatic rings. The molecule has 0 saturated carbocycles. The molecule has 1 atom stereocenters. The monoisotopic (exact) mass is 275 g/mol. The van der Waals surface area contributed by atoms with Gasteiger partial charge in [-0.05, 0) is 31.5 Å². The zero-order valence-corrected chi connectivity index (χ0v) is 11.5. The lowest BCUT2D eigenvalue weighted by Gasteiger charge is -2.11. The lowest BCUT2D eigenvalue weighted by Crippen LogP contribution is -2.10. The number of halogens is 1. The van der Waals surface area contributed by atoms with Crippen molar-refractivity contribution in [2.75, 3.05) is 6.61 Å². The normalized spacial score (nSPS) is 16.9. The molecule has 0 spiro atoms. The van der Waals surface area contributed by atoms with Gasteiger partial charge in [0.2, 0.25) is 0 Å². The van der Waals surface area contributed by atoms with Crippen LogP contribution in [-0.2, 0) is 9.53 Å². The Labute approximate surface area is 115 Å². The molecule has 0 amide bonds. The largest absolute Gasteiger partial charge is 0.487 e. The number of esters is 1. The van der Waals surface area contributed by atoms with E-state index < -0.39 is 12.1 Å². The summed E-state index contributed by atoms with van der Waals surface area (Å²) in [6.45, 7) is 5.24. The van der Waals surface area contributed by atoms with Gasteiger partial charge in [-0.1, -0.05) is 0 Å². The number of pyridine rings is 1. The van der Waals surface area contributed by atoms with E-state index >= 15 is 0 Å². The van der Waals surface area contributed by atoms with Gasteiger partial charge in [0.15, 0.2) is 6.10 Å². The summed E-state index contributed by atoms with van der Waals surface area (Å²) in [7, 11) is 0. The predicted molar refractivity (Wildman–Crippen MR) is 71.2 cm³/mol. The molecule has 3 rings (SSSR count). The number of aromatic nitrogens is 1. The number of hydrogen-bond acceptors (Lipinski definition) is 4. The van der Waals surface area contributed by atoms with Crippen molar-refractivity contribution in [3.8, 4) is 5.75 Å². The Morgan fingerprint density at radius 2 is 2.20 bits per heavy atom. The van der Waals surface area contributed by atoms with E-state index in [1.807, 2.05) is 19.9 Å². The average Bonchev–Trinajstić information content (AvgIpc) is 2.74. The summed E-state index contributed by atoms with van der Waals surface area (Å²) in [5.74, 6) is -0.191. The molecule has 5 heteroatoms. The molecule has 0 saturated heterocycles. The Kier molecular flexibility index (Phi) is 2.85. The highest BCUT2D eigenvalue weighted by Crippen LogP contribution is 2.39. The molecule has 4 nitrogen and oxygen atoms in total. The second-order valence-corrected chi connectivity index (χ2v) is 5.00. The fraction of sp³-hybridized carbons (Fsp3) is 0.333. The van der Waals surface area contributed by atoms with E-state index in [0.717, 1.165) is 16.5 Å². The Balaban J connectivity index is 2.23. The number of hydrogen-bond donors (Lipinski definition) is 0. The lowest BCUT2D eigenvalue weighted by molar-refractivity contribution is -0.147. The van der Waals surface area contributed by atoms with Crippen molar-refractivity contribution in [1.82, 2.24) is 4.98 Å². The van der Waals surface area contributed by atoms with Crippen molar-refractivity contribution in [2.24, 2.45) is 0 Å². The number of rotatable bonds is 1. The molecular weight excluding hydrogens is 261 g/mol. The number of fused-ring (bicyclic) bond motifs is 2. The van der Waals surface area contributed by atoms with Gasteiger partial charge in [-0.25, -0.2) is 9.37 Å². The summed E-state index contributed by atoms with van der Waals surface area (Å²) in [5, 5.41) is 0.727. The summed E-state index contributed by atoms with van der Waals surface area (Å²) in [6, 6.07) is 3.32. The standard InChI is InChI=1S/C15H14FNO3/c1-7-4-10-8(2)15-14(17-13(10)11(16)5-7)12(6-19-15)20-9(3)18/h4-5,12H,6H2,1-3H3. The molecule has 104 valence electrons. The van der Waals surface area contributed by atoms with Gasteiger partial charge < -0.3 is 9.47 Å². The smallest absolute Gasteiger partial charge is 0.303 e. The summed E-state index contributed by atoms with van der Waals surface area (Å²) < 4.78 is 24.8.